The molecule has 1 aromatic rings. The third-order valence-electron chi connectivity index (χ3n) is 3.18. The topological polar surface area (TPSA) is 63.4 Å². The normalized spacial score (nSPS) is 22.1. The smallest absolute Gasteiger partial charge is 0.243 e. The van der Waals surface area contributed by atoms with E-state index in [2.05, 4.69) is 0 Å². The van der Waals surface area contributed by atoms with Crippen molar-refractivity contribution in [3.63, 3.8) is 0 Å². The third-order valence-corrected chi connectivity index (χ3v) is 5.20. The lowest BCUT2D eigenvalue weighted by Crippen LogP contribution is -2.45. The lowest BCUT2D eigenvalue weighted by molar-refractivity contribution is 0.316. The van der Waals surface area contributed by atoms with Gasteiger partial charge in [-0.3, -0.25) is 0 Å². The minimum Gasteiger partial charge on any atom is -0.327 e. The summed E-state index contributed by atoms with van der Waals surface area (Å²) in [7, 11) is -3.56. The molecule has 1 heterocycles. The Bertz CT molecular complexity index is 545. The van der Waals surface area contributed by atoms with E-state index < -0.39 is 15.8 Å². The number of benzene rings is 1. The molecule has 1 saturated heterocycles. The van der Waals surface area contributed by atoms with E-state index in [-0.39, 0.29) is 10.9 Å². The summed E-state index contributed by atoms with van der Waals surface area (Å²) in [5.41, 5.74) is 6.22. The summed E-state index contributed by atoms with van der Waals surface area (Å²) < 4.78 is 39.2. The van der Waals surface area contributed by atoms with Gasteiger partial charge in [0.05, 0.1) is 4.90 Å². The van der Waals surface area contributed by atoms with Crippen molar-refractivity contribution < 1.29 is 12.8 Å². The first-order chi connectivity index (χ1) is 8.41. The Morgan fingerprint density at radius 3 is 2.78 bits per heavy atom. The number of halogens is 1. The highest BCUT2D eigenvalue weighted by Crippen LogP contribution is 2.23. The van der Waals surface area contributed by atoms with Crippen LogP contribution in [-0.2, 0) is 10.0 Å². The lowest BCUT2D eigenvalue weighted by atomic mass is 10.1. The lowest BCUT2D eigenvalue weighted by Gasteiger charge is -2.30. The van der Waals surface area contributed by atoms with Gasteiger partial charge in [0, 0.05) is 19.1 Å². The molecule has 2 rings (SSSR count). The Hall–Kier alpha value is -0.980. The number of hydrogen-bond acceptors (Lipinski definition) is 3. The second-order valence-electron chi connectivity index (χ2n) is 4.68. The first-order valence-corrected chi connectivity index (χ1v) is 7.37. The van der Waals surface area contributed by atoms with Crippen LogP contribution in [0.15, 0.2) is 23.1 Å². The van der Waals surface area contributed by atoms with E-state index in [1.54, 1.807) is 6.92 Å². The highest BCUT2D eigenvalue weighted by atomic mass is 32.2. The van der Waals surface area contributed by atoms with Crippen LogP contribution in [-0.4, -0.2) is 31.9 Å². The molecule has 6 heteroatoms. The van der Waals surface area contributed by atoms with Crippen LogP contribution in [0.4, 0.5) is 4.39 Å². The van der Waals surface area contributed by atoms with Crippen LogP contribution in [0.25, 0.3) is 0 Å². The van der Waals surface area contributed by atoms with Crippen molar-refractivity contribution in [3.8, 4) is 0 Å². The number of nitrogens with zero attached hydrogens (tertiary/aromatic N) is 1. The molecular formula is C12H17FN2O2S. The van der Waals surface area contributed by atoms with Crippen molar-refractivity contribution in [2.75, 3.05) is 13.1 Å². The summed E-state index contributed by atoms with van der Waals surface area (Å²) >= 11 is 0. The van der Waals surface area contributed by atoms with E-state index in [9.17, 15) is 12.8 Å². The van der Waals surface area contributed by atoms with Gasteiger partial charge in [-0.1, -0.05) is 0 Å². The summed E-state index contributed by atoms with van der Waals surface area (Å²) in [6.07, 6.45) is 1.61. The number of hydrogen-bond donors (Lipinski definition) is 1. The number of nitrogens with two attached hydrogens (primary N) is 1. The maximum absolute atomic E-state index is 13.0. The monoisotopic (exact) mass is 272 g/mol. The predicted octanol–water partition coefficient (Wildman–Crippen LogP) is 1.25. The predicted molar refractivity (Wildman–Crippen MR) is 67.1 cm³/mol. The van der Waals surface area contributed by atoms with Gasteiger partial charge in [0.15, 0.2) is 0 Å². The van der Waals surface area contributed by atoms with Crippen molar-refractivity contribution in [1.29, 1.82) is 0 Å². The Labute approximate surface area is 107 Å². The van der Waals surface area contributed by atoms with Gasteiger partial charge in [-0.05, 0) is 43.5 Å². The van der Waals surface area contributed by atoms with Crippen LogP contribution in [0.3, 0.4) is 0 Å². The number of sulfonamides is 1. The standard InChI is InChI=1S/C12H17FN2O2S/c1-9-7-10(13)4-5-12(9)18(16,17)15-6-2-3-11(14)8-15/h4-5,7,11H,2-3,6,8,14H2,1H3/t11-/m1/s1. The van der Waals surface area contributed by atoms with Gasteiger partial charge in [-0.15, -0.1) is 0 Å². The Balaban J connectivity index is 2.35. The van der Waals surface area contributed by atoms with Gasteiger partial charge in [0.1, 0.15) is 5.82 Å². The van der Waals surface area contributed by atoms with E-state index in [0.29, 0.717) is 18.7 Å². The number of piperidine rings is 1. The van der Waals surface area contributed by atoms with Crippen LogP contribution < -0.4 is 5.73 Å². The fraction of sp³-hybridized carbons (Fsp3) is 0.500. The van der Waals surface area contributed by atoms with Crippen LogP contribution >= 0.6 is 0 Å². The molecular weight excluding hydrogens is 255 g/mol. The maximum atomic E-state index is 13.0. The average molecular weight is 272 g/mol. The molecule has 0 saturated carbocycles. The largest absolute Gasteiger partial charge is 0.327 e. The molecule has 1 aromatic carbocycles. The quantitative estimate of drug-likeness (QED) is 0.881. The average Bonchev–Trinajstić information content (AvgIpc) is 2.28. The zero-order valence-electron chi connectivity index (χ0n) is 10.3. The van der Waals surface area contributed by atoms with E-state index >= 15 is 0 Å². The molecule has 1 aliphatic heterocycles. The zero-order chi connectivity index (χ0) is 13.3. The summed E-state index contributed by atoms with van der Waals surface area (Å²) in [5, 5.41) is 0. The highest BCUT2D eigenvalue weighted by Gasteiger charge is 2.29. The number of rotatable bonds is 2. The second kappa shape index (κ2) is 4.95. The van der Waals surface area contributed by atoms with E-state index in [1.165, 1.54) is 22.5 Å². The molecule has 0 spiro atoms. The van der Waals surface area contributed by atoms with Gasteiger partial charge < -0.3 is 5.73 Å². The molecule has 0 unspecified atom stereocenters. The van der Waals surface area contributed by atoms with Crippen LogP contribution in [0.2, 0.25) is 0 Å². The molecule has 0 radical (unpaired) electrons. The Morgan fingerprint density at radius 2 is 2.17 bits per heavy atom. The van der Waals surface area contributed by atoms with Gasteiger partial charge >= 0.3 is 0 Å². The van der Waals surface area contributed by atoms with Crippen LogP contribution in [0, 0.1) is 12.7 Å². The van der Waals surface area contributed by atoms with Crippen molar-refractivity contribution in [2.45, 2.75) is 30.7 Å². The molecule has 100 valence electrons. The Morgan fingerprint density at radius 1 is 1.44 bits per heavy atom. The molecule has 4 nitrogen and oxygen atoms in total. The summed E-state index contributed by atoms with van der Waals surface area (Å²) in [5.74, 6) is -0.429. The van der Waals surface area contributed by atoms with E-state index in [1.807, 2.05) is 0 Å². The molecule has 1 aliphatic rings. The summed E-state index contributed by atoms with van der Waals surface area (Å²) in [6, 6.07) is 3.61. The fourth-order valence-corrected chi connectivity index (χ4v) is 3.97. The van der Waals surface area contributed by atoms with Gasteiger partial charge in [0.25, 0.3) is 0 Å². The number of aryl methyl sites for hydroxylation is 1. The molecule has 1 atom stereocenters. The van der Waals surface area contributed by atoms with Gasteiger partial charge in [-0.2, -0.15) is 4.31 Å². The minimum atomic E-state index is -3.56. The summed E-state index contributed by atoms with van der Waals surface area (Å²) in [4.78, 5) is 0.165. The molecule has 18 heavy (non-hydrogen) atoms. The molecule has 0 bridgehead atoms. The molecule has 0 aliphatic carbocycles. The first kappa shape index (κ1) is 13.5. The van der Waals surface area contributed by atoms with E-state index in [4.69, 9.17) is 5.73 Å². The molecule has 2 N–H and O–H groups in total. The van der Waals surface area contributed by atoms with Crippen molar-refractivity contribution >= 4 is 10.0 Å². The Kier molecular flexibility index (Phi) is 3.70. The van der Waals surface area contributed by atoms with Crippen molar-refractivity contribution in [2.24, 2.45) is 5.73 Å². The maximum Gasteiger partial charge on any atom is 0.243 e. The first-order valence-electron chi connectivity index (χ1n) is 5.93. The minimum absolute atomic E-state index is 0.116. The van der Waals surface area contributed by atoms with Gasteiger partial charge in [-0.25, -0.2) is 12.8 Å². The molecule has 0 aromatic heterocycles. The van der Waals surface area contributed by atoms with Crippen LogP contribution in [0.1, 0.15) is 18.4 Å². The molecule has 0 amide bonds. The van der Waals surface area contributed by atoms with Gasteiger partial charge in [0.2, 0.25) is 10.0 Å². The SMILES string of the molecule is Cc1cc(F)ccc1S(=O)(=O)N1CCC[C@@H](N)C1. The fourth-order valence-electron chi connectivity index (χ4n) is 2.23. The zero-order valence-corrected chi connectivity index (χ0v) is 11.1. The van der Waals surface area contributed by atoms with Crippen molar-refractivity contribution in [3.05, 3.63) is 29.6 Å². The molecule has 1 fully saturated rings. The van der Waals surface area contributed by atoms with Crippen LogP contribution in [0.5, 0.6) is 0 Å². The third kappa shape index (κ3) is 2.55. The highest BCUT2D eigenvalue weighted by molar-refractivity contribution is 7.89. The second-order valence-corrected chi connectivity index (χ2v) is 6.58. The van der Waals surface area contributed by atoms with E-state index in [0.717, 1.165) is 12.8 Å². The van der Waals surface area contributed by atoms with Crippen molar-refractivity contribution in [1.82, 2.24) is 4.31 Å². The summed E-state index contributed by atoms with van der Waals surface area (Å²) in [6.45, 7) is 2.41.